The first-order chi connectivity index (χ1) is 12.5. The van der Waals surface area contributed by atoms with Crippen molar-refractivity contribution in [2.75, 3.05) is 32.8 Å². The summed E-state index contributed by atoms with van der Waals surface area (Å²) in [6.45, 7) is 7.50. The number of aromatic nitrogens is 2. The third-order valence-electron chi connectivity index (χ3n) is 4.65. The van der Waals surface area contributed by atoms with E-state index in [9.17, 15) is 8.42 Å². The summed E-state index contributed by atoms with van der Waals surface area (Å²) < 4.78 is 35.5. The fourth-order valence-corrected chi connectivity index (χ4v) is 4.44. The molecule has 1 aromatic heterocycles. The average Bonchev–Trinajstić information content (AvgIpc) is 3.05. The molecule has 0 spiro atoms. The molecule has 0 radical (unpaired) electrons. The van der Waals surface area contributed by atoms with Crippen LogP contribution in [0.1, 0.15) is 24.2 Å². The Morgan fingerprint density at radius 2 is 1.92 bits per heavy atom. The summed E-state index contributed by atoms with van der Waals surface area (Å²) in [6.07, 6.45) is 1.59. The van der Waals surface area contributed by atoms with Crippen LogP contribution in [-0.4, -0.2) is 55.9 Å². The Morgan fingerprint density at radius 1 is 1.23 bits per heavy atom. The van der Waals surface area contributed by atoms with Gasteiger partial charge >= 0.3 is 0 Å². The molecule has 2 heterocycles. The minimum atomic E-state index is -3.61. The van der Waals surface area contributed by atoms with Crippen molar-refractivity contribution in [1.29, 1.82) is 0 Å². The Morgan fingerprint density at radius 3 is 2.54 bits per heavy atom. The summed E-state index contributed by atoms with van der Waals surface area (Å²) in [6, 6.07) is 9.96. The number of morpholine rings is 1. The first-order valence-corrected chi connectivity index (χ1v) is 10.4. The van der Waals surface area contributed by atoms with Crippen molar-refractivity contribution in [3.05, 3.63) is 47.8 Å². The quantitative estimate of drug-likeness (QED) is 0.791. The molecule has 0 bridgehead atoms. The number of sulfonamides is 1. The molecule has 0 aliphatic carbocycles. The van der Waals surface area contributed by atoms with Gasteiger partial charge in [0.2, 0.25) is 10.0 Å². The van der Waals surface area contributed by atoms with Gasteiger partial charge in [0.25, 0.3) is 0 Å². The van der Waals surface area contributed by atoms with Crippen molar-refractivity contribution in [3.63, 3.8) is 0 Å². The molecular formula is C18H26N4O3S. The van der Waals surface area contributed by atoms with E-state index in [1.807, 2.05) is 37.3 Å². The average molecular weight is 378 g/mol. The summed E-state index contributed by atoms with van der Waals surface area (Å²) in [5.41, 5.74) is 1.61. The highest BCUT2D eigenvalue weighted by atomic mass is 32.2. The standard InChI is InChI=1S/C18H26N4O3S/c1-3-22-14-18(15(2)20-22)26(23,24)19-13-17(16-7-5-4-6-8-16)21-9-11-25-12-10-21/h4-8,14,17,19H,3,9-13H2,1-2H3. The van der Waals surface area contributed by atoms with E-state index in [4.69, 9.17) is 4.74 Å². The number of aryl methyl sites for hydroxylation is 2. The Balaban J connectivity index is 1.79. The van der Waals surface area contributed by atoms with Gasteiger partial charge in [0.05, 0.1) is 18.9 Å². The topological polar surface area (TPSA) is 76.5 Å². The van der Waals surface area contributed by atoms with Crippen molar-refractivity contribution in [3.8, 4) is 0 Å². The van der Waals surface area contributed by atoms with Crippen LogP contribution in [0, 0.1) is 6.92 Å². The van der Waals surface area contributed by atoms with Crippen LogP contribution in [0.15, 0.2) is 41.4 Å². The zero-order valence-electron chi connectivity index (χ0n) is 15.3. The molecule has 26 heavy (non-hydrogen) atoms. The predicted octanol–water partition coefficient (Wildman–Crippen LogP) is 1.56. The lowest BCUT2D eigenvalue weighted by atomic mass is 10.1. The Bertz CT molecular complexity index is 814. The molecule has 142 valence electrons. The van der Waals surface area contributed by atoms with E-state index < -0.39 is 10.0 Å². The van der Waals surface area contributed by atoms with Crippen molar-refractivity contribution in [2.24, 2.45) is 0 Å². The molecule has 7 nitrogen and oxygen atoms in total. The lowest BCUT2D eigenvalue weighted by Gasteiger charge is -2.34. The first-order valence-electron chi connectivity index (χ1n) is 8.91. The van der Waals surface area contributed by atoms with Crippen LogP contribution in [-0.2, 0) is 21.3 Å². The van der Waals surface area contributed by atoms with Gasteiger partial charge in [-0.05, 0) is 19.4 Å². The second-order valence-corrected chi connectivity index (χ2v) is 8.10. The molecule has 3 rings (SSSR count). The highest BCUT2D eigenvalue weighted by molar-refractivity contribution is 7.89. The van der Waals surface area contributed by atoms with Crippen LogP contribution in [0.25, 0.3) is 0 Å². The normalized spacial score (nSPS) is 17.3. The van der Waals surface area contributed by atoms with Crippen molar-refractivity contribution < 1.29 is 13.2 Å². The van der Waals surface area contributed by atoms with Gasteiger partial charge < -0.3 is 4.74 Å². The maximum atomic E-state index is 12.8. The third kappa shape index (κ3) is 4.32. The number of benzene rings is 1. The number of ether oxygens (including phenoxy) is 1. The fourth-order valence-electron chi connectivity index (χ4n) is 3.21. The van der Waals surface area contributed by atoms with Gasteiger partial charge in [0, 0.05) is 38.4 Å². The van der Waals surface area contributed by atoms with Crippen LogP contribution in [0.5, 0.6) is 0 Å². The van der Waals surface area contributed by atoms with Crippen molar-refractivity contribution >= 4 is 10.0 Å². The Labute approximate surface area is 155 Å². The van der Waals surface area contributed by atoms with Gasteiger partial charge in [-0.2, -0.15) is 5.10 Å². The van der Waals surface area contributed by atoms with Crippen molar-refractivity contribution in [1.82, 2.24) is 19.4 Å². The molecule has 1 fully saturated rings. The number of hydrogen-bond donors (Lipinski definition) is 1. The molecule has 0 amide bonds. The summed E-state index contributed by atoms with van der Waals surface area (Å²) in [4.78, 5) is 2.51. The second kappa shape index (κ2) is 8.30. The lowest BCUT2D eigenvalue weighted by molar-refractivity contribution is 0.0172. The molecule has 1 aliphatic rings. The van der Waals surface area contributed by atoms with Crippen LogP contribution < -0.4 is 4.72 Å². The number of hydrogen-bond acceptors (Lipinski definition) is 5. The highest BCUT2D eigenvalue weighted by Crippen LogP contribution is 2.22. The summed E-state index contributed by atoms with van der Waals surface area (Å²) in [5.74, 6) is 0. The molecule has 1 N–H and O–H groups in total. The molecule has 1 atom stereocenters. The Hall–Kier alpha value is -1.74. The minimum absolute atomic E-state index is 0.0311. The molecular weight excluding hydrogens is 352 g/mol. The monoisotopic (exact) mass is 378 g/mol. The van der Waals surface area contributed by atoms with E-state index >= 15 is 0 Å². The van der Waals surface area contributed by atoms with E-state index in [1.165, 1.54) is 0 Å². The number of rotatable bonds is 7. The van der Waals surface area contributed by atoms with Gasteiger partial charge in [-0.15, -0.1) is 0 Å². The van der Waals surface area contributed by atoms with E-state index in [-0.39, 0.29) is 10.9 Å². The van der Waals surface area contributed by atoms with Gasteiger partial charge in [0.15, 0.2) is 0 Å². The van der Waals surface area contributed by atoms with E-state index in [0.29, 0.717) is 32.0 Å². The van der Waals surface area contributed by atoms with Crippen LogP contribution >= 0.6 is 0 Å². The van der Waals surface area contributed by atoms with E-state index in [2.05, 4.69) is 14.7 Å². The fraction of sp³-hybridized carbons (Fsp3) is 0.500. The zero-order chi connectivity index (χ0) is 18.6. The SMILES string of the molecule is CCn1cc(S(=O)(=O)NCC(c2ccccc2)N2CCOCC2)c(C)n1. The van der Waals surface area contributed by atoms with Gasteiger partial charge in [-0.3, -0.25) is 9.58 Å². The molecule has 0 saturated carbocycles. The largest absolute Gasteiger partial charge is 0.379 e. The van der Waals surface area contributed by atoms with Crippen LogP contribution in [0.4, 0.5) is 0 Å². The lowest BCUT2D eigenvalue weighted by Crippen LogP contribution is -2.43. The molecule has 1 saturated heterocycles. The Kier molecular flexibility index (Phi) is 6.08. The zero-order valence-corrected chi connectivity index (χ0v) is 16.1. The second-order valence-electron chi connectivity index (χ2n) is 6.36. The molecule has 1 unspecified atom stereocenters. The van der Waals surface area contributed by atoms with Crippen molar-refractivity contribution in [2.45, 2.75) is 31.3 Å². The minimum Gasteiger partial charge on any atom is -0.379 e. The van der Waals surface area contributed by atoms with Gasteiger partial charge in [-0.1, -0.05) is 30.3 Å². The summed E-state index contributed by atoms with van der Waals surface area (Å²) >= 11 is 0. The highest BCUT2D eigenvalue weighted by Gasteiger charge is 2.26. The first kappa shape index (κ1) is 19.0. The van der Waals surface area contributed by atoms with Crippen LogP contribution in [0.2, 0.25) is 0 Å². The smallest absolute Gasteiger partial charge is 0.244 e. The van der Waals surface area contributed by atoms with Crippen LogP contribution in [0.3, 0.4) is 0 Å². The summed E-state index contributed by atoms with van der Waals surface area (Å²) in [7, 11) is -3.61. The molecule has 1 aromatic carbocycles. The van der Waals surface area contributed by atoms with E-state index in [1.54, 1.807) is 17.8 Å². The summed E-state index contributed by atoms with van der Waals surface area (Å²) in [5, 5.41) is 4.24. The third-order valence-corrected chi connectivity index (χ3v) is 6.18. The van der Waals surface area contributed by atoms with E-state index in [0.717, 1.165) is 18.7 Å². The predicted molar refractivity (Wildman–Crippen MR) is 99.4 cm³/mol. The number of nitrogens with one attached hydrogen (secondary N) is 1. The molecule has 8 heteroatoms. The van der Waals surface area contributed by atoms with Gasteiger partial charge in [-0.25, -0.2) is 13.1 Å². The number of nitrogens with zero attached hydrogens (tertiary/aromatic N) is 3. The molecule has 2 aromatic rings. The molecule has 1 aliphatic heterocycles. The maximum absolute atomic E-state index is 12.8. The maximum Gasteiger partial charge on any atom is 0.244 e. The van der Waals surface area contributed by atoms with Gasteiger partial charge in [0.1, 0.15) is 4.90 Å².